The van der Waals surface area contributed by atoms with E-state index in [1.165, 1.54) is 0 Å². The Morgan fingerprint density at radius 1 is 0.909 bits per heavy atom. The maximum absolute atomic E-state index is 12.2. The molecule has 0 aliphatic carbocycles. The van der Waals surface area contributed by atoms with Crippen molar-refractivity contribution >= 4 is 28.6 Å². The van der Waals surface area contributed by atoms with E-state index in [9.17, 15) is 16.8 Å². The average Bonchev–Trinajstić information content (AvgIpc) is 2.22. The normalized spacial score (nSPS) is 13.7. The number of hydrogen-bond donors (Lipinski definition) is 1. The van der Waals surface area contributed by atoms with Gasteiger partial charge < -0.3 is 5.30 Å². The van der Waals surface area contributed by atoms with E-state index in [1.54, 1.807) is 0 Å². The van der Waals surface area contributed by atoms with E-state index in [1.807, 2.05) is 41.5 Å². The van der Waals surface area contributed by atoms with Crippen molar-refractivity contribution in [3.8, 4) is 0 Å². The van der Waals surface area contributed by atoms with E-state index < -0.39 is 40.1 Å². The minimum Gasteiger partial charge on any atom is -1.00 e. The fraction of sp³-hybridized carbons (Fsp3) is 1.00. The third-order valence-corrected chi connectivity index (χ3v) is 13.0. The van der Waals surface area contributed by atoms with Crippen molar-refractivity contribution in [2.24, 2.45) is 0 Å². The van der Waals surface area contributed by atoms with Crippen molar-refractivity contribution in [3.63, 3.8) is 0 Å². The summed E-state index contributed by atoms with van der Waals surface area (Å²) in [5.41, 5.74) is 0.358. The van der Waals surface area contributed by atoms with Crippen LogP contribution in [-0.2, 0) is 24.1 Å². The SMILES string of the molecule is CC(C)[Si](OS(=O)(=O)CCCS(=O)(=O)O)(C(C)C)C(C)C.[H-].[Li+]. The van der Waals surface area contributed by atoms with Crippen LogP contribution in [0, 0.1) is 0 Å². The molecule has 0 aliphatic rings. The van der Waals surface area contributed by atoms with Gasteiger partial charge in [0.15, 0.2) is 0 Å². The molecule has 0 bridgehead atoms. The maximum Gasteiger partial charge on any atom is 1.00 e. The molecule has 0 amide bonds. The topological polar surface area (TPSA) is 97.7 Å². The fourth-order valence-electron chi connectivity index (χ4n) is 2.97. The second-order valence-electron chi connectivity index (χ2n) is 6.30. The molecule has 0 radical (unpaired) electrons. The molecule has 0 aliphatic heterocycles. The second-order valence-corrected chi connectivity index (χ2v) is 15.2. The maximum atomic E-state index is 12.2. The van der Waals surface area contributed by atoms with Crippen molar-refractivity contribution in [2.45, 2.75) is 64.6 Å². The Morgan fingerprint density at radius 2 is 1.27 bits per heavy atom. The van der Waals surface area contributed by atoms with Crippen LogP contribution >= 0.6 is 0 Å². The van der Waals surface area contributed by atoms with Crippen LogP contribution in [-0.4, -0.2) is 41.2 Å². The molecule has 0 aromatic heterocycles. The van der Waals surface area contributed by atoms with Gasteiger partial charge in [0, 0.05) is 0 Å². The Bertz CT molecular complexity index is 512. The smallest absolute Gasteiger partial charge is 1.00 e. The molecule has 0 atom stereocenters. The average molecular weight is 369 g/mol. The van der Waals surface area contributed by atoms with Gasteiger partial charge in [-0.1, -0.05) is 41.5 Å². The van der Waals surface area contributed by atoms with Crippen molar-refractivity contribution in [2.75, 3.05) is 11.5 Å². The van der Waals surface area contributed by atoms with E-state index in [2.05, 4.69) is 0 Å². The van der Waals surface area contributed by atoms with Gasteiger partial charge in [-0.15, -0.1) is 0 Å². The van der Waals surface area contributed by atoms with Crippen molar-refractivity contribution in [1.82, 2.24) is 0 Å². The summed E-state index contributed by atoms with van der Waals surface area (Å²) >= 11 is 0. The van der Waals surface area contributed by atoms with Crippen LogP contribution in [0.3, 0.4) is 0 Å². The minimum absolute atomic E-state index is 0. The molecule has 6 nitrogen and oxygen atoms in total. The Balaban J connectivity index is -0.00000200. The van der Waals surface area contributed by atoms with E-state index >= 15 is 0 Å². The first-order valence-electron chi connectivity index (χ1n) is 7.13. The molecule has 0 unspecified atom stereocenters. The van der Waals surface area contributed by atoms with Crippen LogP contribution in [0.15, 0.2) is 0 Å². The van der Waals surface area contributed by atoms with Gasteiger partial charge in [-0.3, -0.25) is 4.55 Å². The first kappa shape index (κ1) is 24.9. The standard InChI is InChI=1S/C12H28O6S2Si.Li.H/c1-10(2)21(11(3)4,12(5)6)18-20(16,17)9-7-8-19(13,14)15;;/h10-12H,7-9H2,1-6H3,(H,13,14,15);;/q;+1;-1. The summed E-state index contributed by atoms with van der Waals surface area (Å²) in [7, 11) is -10.5. The summed E-state index contributed by atoms with van der Waals surface area (Å²) in [6.07, 6.45) is -0.167. The summed E-state index contributed by atoms with van der Waals surface area (Å²) in [5.74, 6) is -0.969. The Hall–Kier alpha value is 0.634. The van der Waals surface area contributed by atoms with Gasteiger partial charge in [-0.25, -0.2) is 8.42 Å². The first-order chi connectivity index (χ1) is 9.24. The van der Waals surface area contributed by atoms with Gasteiger partial charge in [-0.2, -0.15) is 8.42 Å². The zero-order valence-electron chi connectivity index (χ0n) is 15.7. The largest absolute Gasteiger partial charge is 1.00 e. The molecule has 0 saturated heterocycles. The second kappa shape index (κ2) is 9.20. The van der Waals surface area contributed by atoms with Crippen LogP contribution in [0.2, 0.25) is 16.6 Å². The molecule has 0 fully saturated rings. The molecule has 0 spiro atoms. The summed E-state index contributed by atoms with van der Waals surface area (Å²) in [6.45, 7) is 11.8. The van der Waals surface area contributed by atoms with Crippen LogP contribution in [0.5, 0.6) is 0 Å². The van der Waals surface area contributed by atoms with Crippen molar-refractivity contribution in [3.05, 3.63) is 0 Å². The zero-order valence-corrected chi connectivity index (χ0v) is 17.3. The zero-order chi connectivity index (χ0) is 17.1. The monoisotopic (exact) mass is 368 g/mol. The third-order valence-electron chi connectivity index (χ3n) is 3.78. The Labute approximate surface area is 150 Å². The van der Waals surface area contributed by atoms with E-state index in [0.29, 0.717) is 0 Å². The van der Waals surface area contributed by atoms with E-state index in [-0.39, 0.29) is 43.3 Å². The van der Waals surface area contributed by atoms with Gasteiger partial charge in [0.25, 0.3) is 20.2 Å². The molecule has 130 valence electrons. The van der Waals surface area contributed by atoms with Crippen LogP contribution in [0.1, 0.15) is 49.4 Å². The predicted molar refractivity (Wildman–Crippen MR) is 88.1 cm³/mol. The quantitative estimate of drug-likeness (QED) is 0.451. The van der Waals surface area contributed by atoms with Crippen molar-refractivity contribution < 1.29 is 45.5 Å². The van der Waals surface area contributed by atoms with Gasteiger partial charge >= 0.3 is 18.9 Å². The molecule has 0 heterocycles. The molecular weight excluding hydrogens is 339 g/mol. The predicted octanol–water partition coefficient (Wildman–Crippen LogP) is -0.0973. The molecule has 0 aromatic rings. The molecule has 10 heteroatoms. The Morgan fingerprint density at radius 3 is 1.55 bits per heavy atom. The fourth-order valence-corrected chi connectivity index (χ4v) is 12.6. The first-order valence-corrected chi connectivity index (χ1v) is 12.5. The molecule has 0 aromatic carbocycles. The summed E-state index contributed by atoms with van der Waals surface area (Å²) in [4.78, 5) is 0. The van der Waals surface area contributed by atoms with E-state index in [0.717, 1.165) is 0 Å². The minimum atomic E-state index is -4.15. The number of hydrogen-bond acceptors (Lipinski definition) is 5. The number of rotatable bonds is 9. The van der Waals surface area contributed by atoms with Gasteiger partial charge in [0.05, 0.1) is 11.5 Å². The summed E-state index contributed by atoms with van der Waals surface area (Å²) in [6, 6.07) is 0. The summed E-state index contributed by atoms with van der Waals surface area (Å²) < 4.78 is 60.0. The molecule has 0 saturated carbocycles. The third kappa shape index (κ3) is 7.47. The van der Waals surface area contributed by atoms with Gasteiger partial charge in [0.2, 0.25) is 8.32 Å². The van der Waals surface area contributed by atoms with Crippen LogP contribution in [0.4, 0.5) is 0 Å². The Kier molecular flexibility index (Phi) is 10.4. The van der Waals surface area contributed by atoms with Crippen LogP contribution < -0.4 is 18.9 Å². The molecule has 22 heavy (non-hydrogen) atoms. The van der Waals surface area contributed by atoms with Gasteiger partial charge in [-0.05, 0) is 23.0 Å². The van der Waals surface area contributed by atoms with Crippen LogP contribution in [0.25, 0.3) is 0 Å². The van der Waals surface area contributed by atoms with Crippen molar-refractivity contribution in [1.29, 1.82) is 0 Å². The van der Waals surface area contributed by atoms with E-state index in [4.69, 9.17) is 8.42 Å². The molecular formula is C12H29LiO6S2Si. The summed E-state index contributed by atoms with van der Waals surface area (Å²) in [5, 5.41) is 0. The van der Waals surface area contributed by atoms with Gasteiger partial charge in [0.1, 0.15) is 0 Å². The molecule has 0 rings (SSSR count). The molecule has 1 N–H and O–H groups in total.